The van der Waals surface area contributed by atoms with Gasteiger partial charge in [0.2, 0.25) is 5.91 Å². The van der Waals surface area contributed by atoms with Gasteiger partial charge in [-0.15, -0.1) is 23.1 Å². The molecule has 0 spiro atoms. The van der Waals surface area contributed by atoms with Crippen LogP contribution in [0.15, 0.2) is 33.9 Å². The van der Waals surface area contributed by atoms with E-state index in [0.717, 1.165) is 9.78 Å². The minimum atomic E-state index is -1.46. The zero-order valence-corrected chi connectivity index (χ0v) is 19.4. The van der Waals surface area contributed by atoms with Crippen molar-refractivity contribution in [2.45, 2.75) is 17.8 Å². The molecule has 1 aromatic rings. The van der Waals surface area contributed by atoms with Crippen molar-refractivity contribution in [2.75, 3.05) is 12.9 Å². The van der Waals surface area contributed by atoms with Crippen LogP contribution in [0.1, 0.15) is 4.88 Å². The molecule has 140 valence electrons. The van der Waals surface area contributed by atoms with Gasteiger partial charge in [-0.2, -0.15) is 0 Å². The van der Waals surface area contributed by atoms with Crippen molar-refractivity contribution in [3.63, 3.8) is 0 Å². The fourth-order valence-corrected chi connectivity index (χ4v) is 4.64. The number of carboxylic acids is 1. The number of hydrogen-bond donors (Lipinski definition) is 1. The van der Waals surface area contributed by atoms with Crippen LogP contribution in [-0.2, 0) is 25.6 Å². The zero-order valence-electron chi connectivity index (χ0n) is 14.6. The first-order chi connectivity index (χ1) is 12.0. The van der Waals surface area contributed by atoms with Crippen LogP contribution in [0.5, 0.6) is 0 Å². The second-order valence-electron chi connectivity index (χ2n) is 5.29. The topological polar surface area (TPSA) is 143 Å². The normalized spacial score (nSPS) is 20.9. The maximum Gasteiger partial charge on any atom is 1.00 e. The van der Waals surface area contributed by atoms with Gasteiger partial charge in [0.25, 0.3) is 5.91 Å². The zero-order chi connectivity index (χ0) is 18.0. The molecule has 12 heteroatoms. The molecule has 2 atom stereocenters. The first kappa shape index (κ1) is 24.3. The van der Waals surface area contributed by atoms with E-state index in [9.17, 15) is 19.5 Å². The van der Waals surface area contributed by atoms with E-state index in [4.69, 9.17) is 0 Å². The average Bonchev–Trinajstić information content (AvgIpc) is 3.09. The fourth-order valence-electron chi connectivity index (χ4n) is 2.64. The number of nitrogens with zero attached hydrogens (tertiary/aromatic N) is 2. The van der Waals surface area contributed by atoms with Gasteiger partial charge in [-0.1, -0.05) is 11.2 Å². The van der Waals surface area contributed by atoms with Crippen LogP contribution in [0.4, 0.5) is 0 Å². The summed E-state index contributed by atoms with van der Waals surface area (Å²) < 4.78 is 0. The Morgan fingerprint density at radius 2 is 2.26 bits per heavy atom. The largest absolute Gasteiger partial charge is 1.00 e. The van der Waals surface area contributed by atoms with Gasteiger partial charge in [-0.05, 0) is 11.4 Å². The van der Waals surface area contributed by atoms with Gasteiger partial charge in [0, 0.05) is 16.2 Å². The Labute approximate surface area is 205 Å². The molecule has 0 saturated carbocycles. The molecule has 9 nitrogen and oxygen atoms in total. The number of nitrogens with one attached hydrogen (secondary N) is 1. The number of rotatable bonds is 6. The predicted molar refractivity (Wildman–Crippen MR) is 94.2 cm³/mol. The predicted octanol–water partition coefficient (Wildman–Crippen LogP) is -4.49. The van der Waals surface area contributed by atoms with Crippen LogP contribution in [0.2, 0.25) is 0 Å². The van der Waals surface area contributed by atoms with Crippen LogP contribution >= 0.6 is 23.1 Å². The number of β-lactam (4-membered cyclic amide) rings is 1. The SMILES string of the molecule is CON=CC1=C(C(=O)[O-])N2C(=O)[C@@H](NC(=O)Cc3cccs3)[C@H]2SC1.O.[K+]. The number of carbonyl (C=O) groups is 3. The van der Waals surface area contributed by atoms with Crippen LogP contribution < -0.4 is 61.8 Å². The molecule has 3 rings (SSSR count). The molecule has 27 heavy (non-hydrogen) atoms. The molecule has 2 aliphatic heterocycles. The van der Waals surface area contributed by atoms with E-state index < -0.39 is 23.3 Å². The molecule has 0 radical (unpaired) electrons. The van der Waals surface area contributed by atoms with E-state index in [1.807, 2.05) is 17.5 Å². The van der Waals surface area contributed by atoms with Gasteiger partial charge in [-0.3, -0.25) is 14.5 Å². The Kier molecular flexibility index (Phi) is 9.64. The summed E-state index contributed by atoms with van der Waals surface area (Å²) in [5, 5.41) is 19.1. The summed E-state index contributed by atoms with van der Waals surface area (Å²) in [6.45, 7) is 0. The summed E-state index contributed by atoms with van der Waals surface area (Å²) in [6, 6.07) is 2.95. The third-order valence-electron chi connectivity index (χ3n) is 3.74. The van der Waals surface area contributed by atoms with Crippen molar-refractivity contribution in [1.29, 1.82) is 0 Å². The quantitative estimate of drug-likeness (QED) is 0.206. The number of thioether (sulfide) groups is 1. The van der Waals surface area contributed by atoms with Gasteiger partial charge in [0.15, 0.2) is 0 Å². The molecule has 0 aromatic carbocycles. The third kappa shape index (κ3) is 5.20. The van der Waals surface area contributed by atoms with Crippen molar-refractivity contribution >= 4 is 47.1 Å². The van der Waals surface area contributed by atoms with Crippen LogP contribution in [-0.4, -0.2) is 58.7 Å². The van der Waals surface area contributed by atoms with Crippen molar-refractivity contribution in [1.82, 2.24) is 10.2 Å². The number of oxime groups is 1. The molecule has 2 amide bonds. The molecular weight excluding hydrogens is 421 g/mol. The van der Waals surface area contributed by atoms with Gasteiger partial charge in [0.1, 0.15) is 18.5 Å². The number of aliphatic carboxylic acids is 1. The van der Waals surface area contributed by atoms with Crippen molar-refractivity contribution in [3.05, 3.63) is 33.7 Å². The molecule has 0 aliphatic carbocycles. The average molecular weight is 438 g/mol. The Hall–Kier alpha value is -0.734. The molecule has 1 saturated heterocycles. The third-order valence-corrected chi connectivity index (χ3v) is 5.92. The summed E-state index contributed by atoms with van der Waals surface area (Å²) in [5.74, 6) is -1.88. The molecule has 0 unspecified atom stereocenters. The van der Waals surface area contributed by atoms with Crippen LogP contribution in [0.3, 0.4) is 0 Å². The number of thiophene rings is 1. The first-order valence-corrected chi connectivity index (χ1v) is 9.23. The van der Waals surface area contributed by atoms with Gasteiger partial charge < -0.3 is 25.5 Å². The summed E-state index contributed by atoms with van der Waals surface area (Å²) in [4.78, 5) is 42.5. The fraction of sp³-hybridized carbons (Fsp3) is 0.333. The number of carbonyl (C=O) groups excluding carboxylic acids is 3. The smallest absolute Gasteiger partial charge is 0.543 e. The molecule has 0 bridgehead atoms. The first-order valence-electron chi connectivity index (χ1n) is 7.30. The second kappa shape index (κ2) is 10.7. The van der Waals surface area contributed by atoms with Crippen molar-refractivity contribution in [3.8, 4) is 0 Å². The van der Waals surface area contributed by atoms with Gasteiger partial charge >= 0.3 is 51.4 Å². The molecule has 3 heterocycles. The second-order valence-corrected chi connectivity index (χ2v) is 7.43. The summed E-state index contributed by atoms with van der Waals surface area (Å²) in [7, 11) is 1.34. The minimum absolute atomic E-state index is 0. The molecular formula is C15H16KN3O6S2. The van der Waals surface area contributed by atoms with E-state index in [-0.39, 0.29) is 74.9 Å². The van der Waals surface area contributed by atoms with E-state index in [1.165, 1.54) is 36.4 Å². The molecule has 3 N–H and O–H groups in total. The van der Waals surface area contributed by atoms with Gasteiger partial charge in [0.05, 0.1) is 24.3 Å². The summed E-state index contributed by atoms with van der Waals surface area (Å²) in [6.07, 6.45) is 1.44. The Morgan fingerprint density at radius 1 is 1.52 bits per heavy atom. The number of amides is 2. The number of carboxylic acid groups (broad SMARTS) is 1. The van der Waals surface area contributed by atoms with Crippen LogP contribution in [0, 0.1) is 0 Å². The molecule has 1 aromatic heterocycles. The Bertz CT molecular complexity index is 768. The Balaban J connectivity index is 0.00000182. The van der Waals surface area contributed by atoms with E-state index in [0.29, 0.717) is 11.3 Å². The van der Waals surface area contributed by atoms with Gasteiger partial charge in [-0.25, -0.2) is 0 Å². The minimum Gasteiger partial charge on any atom is -0.543 e. The monoisotopic (exact) mass is 437 g/mol. The number of hydrogen-bond acceptors (Lipinski definition) is 8. The van der Waals surface area contributed by atoms with Crippen molar-refractivity contribution < 1.29 is 81.2 Å². The van der Waals surface area contributed by atoms with Crippen molar-refractivity contribution in [2.24, 2.45) is 5.16 Å². The standard InChI is InChI=1S/C15H15N3O5S2.K.H2O/c1-23-16-6-8-7-25-14-11(13(20)18(14)12(8)15(21)22)17-10(19)5-9-3-2-4-24-9;;/h2-4,6,11,14H,5,7H2,1H3,(H,17,19)(H,21,22);;1H2/q;+1;/p-1/t11-,14-;;/m1../s1. The maximum atomic E-state index is 12.4. The molecule has 1 fully saturated rings. The summed E-state index contributed by atoms with van der Waals surface area (Å²) in [5.41, 5.74) is 0.109. The molecule has 2 aliphatic rings. The Morgan fingerprint density at radius 3 is 2.85 bits per heavy atom. The van der Waals surface area contributed by atoms with E-state index in [1.54, 1.807) is 0 Å². The van der Waals surface area contributed by atoms with Crippen LogP contribution in [0.25, 0.3) is 0 Å². The van der Waals surface area contributed by atoms with E-state index >= 15 is 0 Å². The maximum absolute atomic E-state index is 12.4. The van der Waals surface area contributed by atoms with E-state index in [2.05, 4.69) is 15.3 Å². The summed E-state index contributed by atoms with van der Waals surface area (Å²) >= 11 is 2.81. The number of fused-ring (bicyclic) bond motifs is 1.